The Hall–Kier alpha value is -1.70. The van der Waals surface area contributed by atoms with E-state index in [-0.39, 0.29) is 6.61 Å². The van der Waals surface area contributed by atoms with Crippen LogP contribution in [0.1, 0.15) is 10.6 Å². The van der Waals surface area contributed by atoms with Crippen molar-refractivity contribution in [3.05, 3.63) is 34.8 Å². The number of ether oxygens (including phenoxy) is 1. The average Bonchev–Trinajstić information content (AvgIpc) is 2.86. The summed E-state index contributed by atoms with van der Waals surface area (Å²) in [6, 6.07) is 7.60. The van der Waals surface area contributed by atoms with Crippen molar-refractivity contribution in [2.45, 2.75) is 13.0 Å². The van der Waals surface area contributed by atoms with Gasteiger partial charge in [0.15, 0.2) is 5.01 Å². The number of nitrogens with one attached hydrogen (secondary N) is 1. The first-order valence-corrected chi connectivity index (χ1v) is 6.25. The summed E-state index contributed by atoms with van der Waals surface area (Å²) < 4.78 is 5.56. The van der Waals surface area contributed by atoms with Crippen molar-refractivity contribution in [1.29, 1.82) is 0 Å². The molecule has 1 aromatic carbocycles. The van der Waals surface area contributed by atoms with Crippen LogP contribution in [-0.4, -0.2) is 21.9 Å². The number of rotatable bonds is 6. The molecule has 0 radical (unpaired) electrons. The number of benzene rings is 1. The van der Waals surface area contributed by atoms with Crippen LogP contribution in [0.15, 0.2) is 24.3 Å². The fourth-order valence-corrected chi connectivity index (χ4v) is 1.96. The molecule has 0 amide bonds. The lowest BCUT2D eigenvalue weighted by atomic mass is 10.1. The molecule has 0 atom stereocenters. The van der Waals surface area contributed by atoms with Crippen molar-refractivity contribution in [2.75, 3.05) is 12.0 Å². The zero-order chi connectivity index (χ0) is 12.8. The highest BCUT2D eigenvalue weighted by atomic mass is 32.1. The first kappa shape index (κ1) is 12.7. The first-order chi connectivity index (χ1) is 8.81. The van der Waals surface area contributed by atoms with E-state index < -0.39 is 0 Å². The van der Waals surface area contributed by atoms with E-state index in [1.165, 1.54) is 11.3 Å². The normalized spacial score (nSPS) is 10.3. The summed E-state index contributed by atoms with van der Waals surface area (Å²) in [7, 11) is 0. The number of nitrogens with zero attached hydrogens (tertiary/aromatic N) is 2. The Morgan fingerprint density at radius 3 is 2.67 bits per heavy atom. The molecule has 0 saturated heterocycles. The van der Waals surface area contributed by atoms with E-state index >= 15 is 0 Å². The maximum absolute atomic E-state index is 8.81. The lowest BCUT2D eigenvalue weighted by Gasteiger charge is -2.04. The number of hydrogen-bond donors (Lipinski definition) is 3. The van der Waals surface area contributed by atoms with Crippen LogP contribution in [-0.2, 0) is 13.0 Å². The smallest absolute Gasteiger partial charge is 0.219 e. The van der Waals surface area contributed by atoms with Crippen molar-refractivity contribution in [2.24, 2.45) is 5.84 Å². The average molecular weight is 266 g/mol. The highest BCUT2D eigenvalue weighted by Crippen LogP contribution is 2.18. The van der Waals surface area contributed by atoms with Crippen LogP contribution in [0, 0.1) is 0 Å². The zero-order valence-electron chi connectivity index (χ0n) is 9.67. The van der Waals surface area contributed by atoms with Crippen LogP contribution in [0.3, 0.4) is 0 Å². The molecule has 1 aromatic heterocycles. The van der Waals surface area contributed by atoms with Crippen LogP contribution < -0.4 is 16.0 Å². The molecule has 96 valence electrons. The minimum Gasteiger partial charge on any atom is -0.486 e. The topological polar surface area (TPSA) is 93.3 Å². The Morgan fingerprint density at radius 2 is 2.06 bits per heavy atom. The van der Waals surface area contributed by atoms with Crippen LogP contribution in [0.4, 0.5) is 5.13 Å². The largest absolute Gasteiger partial charge is 0.486 e. The van der Waals surface area contributed by atoms with Gasteiger partial charge in [0.25, 0.3) is 0 Å². The molecule has 6 nitrogen and oxygen atoms in total. The molecule has 18 heavy (non-hydrogen) atoms. The third-order valence-electron chi connectivity index (χ3n) is 2.28. The summed E-state index contributed by atoms with van der Waals surface area (Å²) in [6.45, 7) is 0.512. The number of nitrogens with two attached hydrogens (primary N) is 1. The molecular formula is C11H14N4O2S. The van der Waals surface area contributed by atoms with E-state index in [0.29, 0.717) is 18.2 Å². The zero-order valence-corrected chi connectivity index (χ0v) is 10.5. The number of aliphatic hydroxyl groups excluding tert-OH is 1. The van der Waals surface area contributed by atoms with Crippen molar-refractivity contribution in [3.8, 4) is 5.75 Å². The van der Waals surface area contributed by atoms with Gasteiger partial charge in [0.2, 0.25) is 5.13 Å². The van der Waals surface area contributed by atoms with E-state index in [1.54, 1.807) is 0 Å². The minimum absolute atomic E-state index is 0.153. The molecule has 0 fully saturated rings. The standard InChI is InChI=1S/C11H14N4O2S/c12-13-11-15-14-10(18-11)7-17-9-3-1-8(2-4-9)5-6-16/h1-4,16H,5-7,12H2,(H,13,15). The predicted octanol–water partition coefficient (Wildman–Crippen LogP) is 0.937. The van der Waals surface area contributed by atoms with Gasteiger partial charge in [-0.05, 0) is 24.1 Å². The van der Waals surface area contributed by atoms with Crippen LogP contribution >= 0.6 is 11.3 Å². The Kier molecular flexibility index (Phi) is 4.46. The fourth-order valence-electron chi connectivity index (χ4n) is 1.40. The first-order valence-electron chi connectivity index (χ1n) is 5.43. The maximum atomic E-state index is 8.81. The van der Waals surface area contributed by atoms with Crippen LogP contribution in [0.5, 0.6) is 5.75 Å². The summed E-state index contributed by atoms with van der Waals surface area (Å²) in [5.74, 6) is 5.97. The quantitative estimate of drug-likeness (QED) is 0.532. The summed E-state index contributed by atoms with van der Waals surface area (Å²) in [5.41, 5.74) is 3.51. The van der Waals surface area contributed by atoms with Gasteiger partial charge >= 0.3 is 0 Å². The Morgan fingerprint density at radius 1 is 1.28 bits per heavy atom. The van der Waals surface area contributed by atoms with Crippen molar-refractivity contribution < 1.29 is 9.84 Å². The molecule has 4 N–H and O–H groups in total. The molecule has 0 saturated carbocycles. The summed E-state index contributed by atoms with van der Waals surface area (Å²) in [6.07, 6.45) is 0.655. The predicted molar refractivity (Wildman–Crippen MR) is 69.3 cm³/mol. The molecule has 0 aliphatic carbocycles. The fraction of sp³-hybridized carbons (Fsp3) is 0.273. The van der Waals surface area contributed by atoms with Crippen molar-refractivity contribution in [1.82, 2.24) is 10.2 Å². The second kappa shape index (κ2) is 6.29. The number of aromatic nitrogens is 2. The molecule has 0 aliphatic heterocycles. The minimum atomic E-state index is 0.153. The van der Waals surface area contributed by atoms with Gasteiger partial charge < -0.3 is 9.84 Å². The monoisotopic (exact) mass is 266 g/mol. The number of nitrogen functional groups attached to an aromatic ring is 1. The SMILES string of the molecule is NNc1nnc(COc2ccc(CCO)cc2)s1. The van der Waals surface area contributed by atoms with E-state index in [0.717, 1.165) is 16.3 Å². The van der Waals surface area contributed by atoms with E-state index in [2.05, 4.69) is 15.6 Å². The number of hydrogen-bond acceptors (Lipinski definition) is 7. The maximum Gasteiger partial charge on any atom is 0.219 e. The third-order valence-corrected chi connectivity index (χ3v) is 3.10. The van der Waals surface area contributed by atoms with E-state index in [9.17, 15) is 0 Å². The molecule has 7 heteroatoms. The highest BCUT2D eigenvalue weighted by molar-refractivity contribution is 7.15. The van der Waals surface area contributed by atoms with E-state index in [4.69, 9.17) is 15.7 Å². The van der Waals surface area contributed by atoms with Gasteiger partial charge in [-0.3, -0.25) is 5.43 Å². The summed E-state index contributed by atoms with van der Waals surface area (Å²) in [4.78, 5) is 0. The van der Waals surface area contributed by atoms with Gasteiger partial charge in [-0.25, -0.2) is 5.84 Å². The molecule has 0 bridgehead atoms. The van der Waals surface area contributed by atoms with Gasteiger partial charge in [0.1, 0.15) is 12.4 Å². The van der Waals surface area contributed by atoms with Gasteiger partial charge in [0, 0.05) is 6.61 Å². The van der Waals surface area contributed by atoms with Gasteiger partial charge in [-0.1, -0.05) is 23.5 Å². The van der Waals surface area contributed by atoms with Crippen LogP contribution in [0.25, 0.3) is 0 Å². The van der Waals surface area contributed by atoms with E-state index in [1.807, 2.05) is 24.3 Å². The lowest BCUT2D eigenvalue weighted by Crippen LogP contribution is -2.05. The Balaban J connectivity index is 1.89. The molecule has 0 unspecified atom stereocenters. The highest BCUT2D eigenvalue weighted by Gasteiger charge is 2.03. The number of hydrazine groups is 1. The third kappa shape index (κ3) is 3.39. The van der Waals surface area contributed by atoms with Gasteiger partial charge in [0.05, 0.1) is 0 Å². The Bertz CT molecular complexity index is 486. The summed E-state index contributed by atoms with van der Waals surface area (Å²) in [5, 5.41) is 17.8. The molecule has 0 spiro atoms. The molecule has 0 aliphatic rings. The molecule has 1 heterocycles. The molecule has 2 aromatic rings. The van der Waals surface area contributed by atoms with Gasteiger partial charge in [-0.15, -0.1) is 10.2 Å². The second-order valence-electron chi connectivity index (χ2n) is 3.55. The van der Waals surface area contributed by atoms with Gasteiger partial charge in [-0.2, -0.15) is 0 Å². The van der Waals surface area contributed by atoms with Crippen molar-refractivity contribution in [3.63, 3.8) is 0 Å². The molecular weight excluding hydrogens is 252 g/mol. The second-order valence-corrected chi connectivity index (χ2v) is 4.61. The Labute approximate surface area is 108 Å². The lowest BCUT2D eigenvalue weighted by molar-refractivity contribution is 0.298. The summed E-state index contributed by atoms with van der Waals surface area (Å²) >= 11 is 1.35. The number of aliphatic hydroxyl groups is 1. The number of anilines is 1. The van der Waals surface area contributed by atoms with Crippen molar-refractivity contribution >= 4 is 16.5 Å². The van der Waals surface area contributed by atoms with Crippen LogP contribution in [0.2, 0.25) is 0 Å². The molecule has 2 rings (SSSR count).